The van der Waals surface area contributed by atoms with Crippen molar-refractivity contribution in [2.75, 3.05) is 14.2 Å². The van der Waals surface area contributed by atoms with Gasteiger partial charge < -0.3 is 14.6 Å². The standard InChI is InChI=1S/C15H20O4/c1-4-10-6-7-11(18-2)13(19-3)12(10)15(14(16)17)8-5-9-15/h6-7H,4-5,8-9H2,1-3H3,(H,16,17). The van der Waals surface area contributed by atoms with E-state index < -0.39 is 11.4 Å². The summed E-state index contributed by atoms with van der Waals surface area (Å²) in [4.78, 5) is 11.7. The fourth-order valence-corrected chi connectivity index (χ4v) is 2.89. The van der Waals surface area contributed by atoms with E-state index in [1.165, 1.54) is 0 Å². The maximum absolute atomic E-state index is 11.7. The van der Waals surface area contributed by atoms with Gasteiger partial charge in [-0.15, -0.1) is 0 Å². The van der Waals surface area contributed by atoms with Crippen molar-refractivity contribution in [1.29, 1.82) is 0 Å². The Bertz CT molecular complexity index is 489. The number of hydrogen-bond acceptors (Lipinski definition) is 3. The average Bonchev–Trinajstić information content (AvgIpc) is 2.36. The first-order valence-corrected chi connectivity index (χ1v) is 6.58. The Labute approximate surface area is 113 Å². The third-order valence-electron chi connectivity index (χ3n) is 4.11. The van der Waals surface area contributed by atoms with Crippen molar-refractivity contribution in [2.45, 2.75) is 38.0 Å². The van der Waals surface area contributed by atoms with Crippen LogP contribution in [0.15, 0.2) is 12.1 Å². The Balaban J connectivity index is 2.68. The highest BCUT2D eigenvalue weighted by atomic mass is 16.5. The van der Waals surface area contributed by atoms with Crippen LogP contribution in [0.2, 0.25) is 0 Å². The van der Waals surface area contributed by atoms with Crippen molar-refractivity contribution in [2.24, 2.45) is 0 Å². The Kier molecular flexibility index (Phi) is 3.69. The molecular weight excluding hydrogens is 244 g/mol. The monoisotopic (exact) mass is 264 g/mol. The number of carbonyl (C=O) groups is 1. The molecule has 4 nitrogen and oxygen atoms in total. The molecule has 0 aromatic heterocycles. The van der Waals surface area contributed by atoms with Crippen molar-refractivity contribution in [1.82, 2.24) is 0 Å². The summed E-state index contributed by atoms with van der Waals surface area (Å²) in [5, 5.41) is 9.64. The van der Waals surface area contributed by atoms with Gasteiger partial charge in [-0.25, -0.2) is 0 Å². The van der Waals surface area contributed by atoms with Crippen molar-refractivity contribution in [3.05, 3.63) is 23.3 Å². The van der Waals surface area contributed by atoms with Crippen LogP contribution >= 0.6 is 0 Å². The van der Waals surface area contributed by atoms with Crippen LogP contribution in [0.4, 0.5) is 0 Å². The molecule has 0 amide bonds. The molecule has 1 aromatic rings. The van der Waals surface area contributed by atoms with Gasteiger partial charge >= 0.3 is 5.97 Å². The fourth-order valence-electron chi connectivity index (χ4n) is 2.89. The molecule has 0 atom stereocenters. The Morgan fingerprint density at radius 1 is 1.32 bits per heavy atom. The van der Waals surface area contributed by atoms with Crippen molar-refractivity contribution < 1.29 is 19.4 Å². The zero-order chi connectivity index (χ0) is 14.0. The molecule has 1 aliphatic carbocycles. The lowest BCUT2D eigenvalue weighted by Crippen LogP contribution is -2.43. The maximum Gasteiger partial charge on any atom is 0.314 e. The molecule has 1 fully saturated rings. The van der Waals surface area contributed by atoms with Gasteiger partial charge in [0.2, 0.25) is 0 Å². The Hall–Kier alpha value is -1.71. The predicted molar refractivity (Wildman–Crippen MR) is 72.1 cm³/mol. The molecule has 0 aliphatic heterocycles. The number of rotatable bonds is 5. The number of carboxylic acid groups (broad SMARTS) is 1. The molecule has 1 aliphatic rings. The fraction of sp³-hybridized carbons (Fsp3) is 0.533. The van der Waals surface area contributed by atoms with E-state index in [1.807, 2.05) is 19.1 Å². The molecule has 0 radical (unpaired) electrons. The average molecular weight is 264 g/mol. The number of hydrogen-bond donors (Lipinski definition) is 1. The normalized spacial score (nSPS) is 16.6. The molecule has 19 heavy (non-hydrogen) atoms. The van der Waals surface area contributed by atoms with Crippen molar-refractivity contribution in [3.8, 4) is 11.5 Å². The van der Waals surface area contributed by atoms with E-state index in [0.29, 0.717) is 24.3 Å². The molecule has 1 saturated carbocycles. The molecule has 4 heteroatoms. The van der Waals surface area contributed by atoms with Crippen LogP contribution in [0.5, 0.6) is 11.5 Å². The van der Waals surface area contributed by atoms with E-state index >= 15 is 0 Å². The third kappa shape index (κ3) is 1.95. The van der Waals surface area contributed by atoms with Crippen LogP contribution in [-0.4, -0.2) is 25.3 Å². The molecular formula is C15H20O4. The topological polar surface area (TPSA) is 55.8 Å². The summed E-state index contributed by atoms with van der Waals surface area (Å²) in [5.74, 6) is 0.408. The van der Waals surface area contributed by atoms with Gasteiger partial charge in [0, 0.05) is 5.56 Å². The van der Waals surface area contributed by atoms with Gasteiger partial charge in [0.25, 0.3) is 0 Å². The first-order chi connectivity index (χ1) is 9.10. The number of aryl methyl sites for hydroxylation is 1. The Morgan fingerprint density at radius 3 is 2.37 bits per heavy atom. The Morgan fingerprint density at radius 2 is 2.00 bits per heavy atom. The molecule has 0 spiro atoms. The second-order valence-corrected chi connectivity index (χ2v) is 4.93. The molecule has 1 aromatic carbocycles. The summed E-state index contributed by atoms with van der Waals surface area (Å²) in [6, 6.07) is 3.79. The minimum atomic E-state index is -0.800. The van der Waals surface area contributed by atoms with Gasteiger partial charge in [-0.05, 0) is 30.9 Å². The van der Waals surface area contributed by atoms with Crippen LogP contribution in [0.25, 0.3) is 0 Å². The van der Waals surface area contributed by atoms with Crippen LogP contribution in [0.1, 0.15) is 37.3 Å². The number of carboxylic acids is 1. The van der Waals surface area contributed by atoms with Gasteiger partial charge in [-0.3, -0.25) is 4.79 Å². The summed E-state index contributed by atoms with van der Waals surface area (Å²) < 4.78 is 10.8. The van der Waals surface area contributed by atoms with Crippen molar-refractivity contribution >= 4 is 5.97 Å². The van der Waals surface area contributed by atoms with Gasteiger partial charge in [-0.2, -0.15) is 0 Å². The molecule has 104 valence electrons. The molecule has 0 saturated heterocycles. The summed E-state index contributed by atoms with van der Waals surface area (Å²) in [7, 11) is 3.14. The maximum atomic E-state index is 11.7. The van der Waals surface area contributed by atoms with E-state index in [2.05, 4.69) is 0 Å². The highest BCUT2D eigenvalue weighted by Crippen LogP contribution is 2.51. The summed E-state index contributed by atoms with van der Waals surface area (Å²) in [6.07, 6.45) is 3.05. The zero-order valence-electron chi connectivity index (χ0n) is 11.7. The zero-order valence-corrected chi connectivity index (χ0v) is 11.7. The summed E-state index contributed by atoms with van der Waals surface area (Å²) >= 11 is 0. The van der Waals surface area contributed by atoms with Crippen molar-refractivity contribution in [3.63, 3.8) is 0 Å². The lowest BCUT2D eigenvalue weighted by Gasteiger charge is -2.40. The lowest BCUT2D eigenvalue weighted by atomic mass is 9.62. The molecule has 0 bridgehead atoms. The largest absolute Gasteiger partial charge is 0.493 e. The quantitative estimate of drug-likeness (QED) is 0.888. The number of aliphatic carboxylic acids is 1. The smallest absolute Gasteiger partial charge is 0.314 e. The number of methoxy groups -OCH3 is 2. The van der Waals surface area contributed by atoms with Crippen LogP contribution in [-0.2, 0) is 16.6 Å². The van der Waals surface area contributed by atoms with E-state index in [9.17, 15) is 9.90 Å². The third-order valence-corrected chi connectivity index (χ3v) is 4.11. The summed E-state index contributed by atoms with van der Waals surface area (Å²) in [6.45, 7) is 2.03. The molecule has 1 N–H and O–H groups in total. The van der Waals surface area contributed by atoms with E-state index in [0.717, 1.165) is 24.0 Å². The second kappa shape index (κ2) is 5.11. The van der Waals surface area contributed by atoms with E-state index in [1.54, 1.807) is 14.2 Å². The van der Waals surface area contributed by atoms with Gasteiger partial charge in [-0.1, -0.05) is 19.4 Å². The first-order valence-electron chi connectivity index (χ1n) is 6.58. The molecule has 0 unspecified atom stereocenters. The number of benzene rings is 1. The van der Waals surface area contributed by atoms with E-state index in [4.69, 9.17) is 9.47 Å². The first kappa shape index (κ1) is 13.7. The lowest BCUT2D eigenvalue weighted by molar-refractivity contribution is -0.147. The van der Waals surface area contributed by atoms with Crippen LogP contribution in [0.3, 0.4) is 0 Å². The van der Waals surface area contributed by atoms with Gasteiger partial charge in [0.15, 0.2) is 11.5 Å². The van der Waals surface area contributed by atoms with Crippen LogP contribution in [0, 0.1) is 0 Å². The predicted octanol–water partition coefficient (Wildman–Crippen LogP) is 2.77. The second-order valence-electron chi connectivity index (χ2n) is 4.93. The highest BCUT2D eigenvalue weighted by Gasteiger charge is 2.49. The van der Waals surface area contributed by atoms with Crippen LogP contribution < -0.4 is 9.47 Å². The highest BCUT2D eigenvalue weighted by molar-refractivity contribution is 5.85. The van der Waals surface area contributed by atoms with E-state index in [-0.39, 0.29) is 0 Å². The SMILES string of the molecule is CCc1ccc(OC)c(OC)c1C1(C(=O)O)CCC1. The van der Waals surface area contributed by atoms with Gasteiger partial charge in [0.05, 0.1) is 19.6 Å². The van der Waals surface area contributed by atoms with Gasteiger partial charge in [0.1, 0.15) is 0 Å². The molecule has 0 heterocycles. The minimum Gasteiger partial charge on any atom is -0.493 e. The minimum absolute atomic E-state index is 0.573. The molecule has 2 rings (SSSR count). The number of ether oxygens (including phenoxy) is 2. The summed E-state index contributed by atoms with van der Waals surface area (Å²) in [5.41, 5.74) is 1.03.